The van der Waals surface area contributed by atoms with Crippen molar-refractivity contribution >= 4 is 22.1 Å². The maximum atomic E-state index is 12.8. The molecule has 10 heteroatoms. The van der Waals surface area contributed by atoms with E-state index in [1.165, 1.54) is 4.31 Å². The lowest BCUT2D eigenvalue weighted by molar-refractivity contribution is 0.0691. The topological polar surface area (TPSA) is 90.0 Å². The second-order valence-corrected chi connectivity index (χ2v) is 9.15. The summed E-state index contributed by atoms with van der Waals surface area (Å²) in [6, 6.07) is 0. The van der Waals surface area contributed by atoms with E-state index in [0.29, 0.717) is 56.5 Å². The average Bonchev–Trinajstić information content (AvgIpc) is 2.68. The first kappa shape index (κ1) is 20.0. The van der Waals surface area contributed by atoms with Crippen LogP contribution >= 0.6 is 0 Å². The molecule has 2 saturated heterocycles. The van der Waals surface area contributed by atoms with Gasteiger partial charge >= 0.3 is 0 Å². The minimum Gasteiger partial charge on any atom is -0.347 e. The van der Waals surface area contributed by atoms with Crippen molar-refractivity contribution in [1.29, 1.82) is 0 Å². The van der Waals surface area contributed by atoms with Crippen molar-refractivity contribution in [2.75, 3.05) is 58.3 Å². The molecule has 2 fully saturated rings. The Morgan fingerprint density at radius 3 is 2.15 bits per heavy atom. The van der Waals surface area contributed by atoms with E-state index in [9.17, 15) is 13.2 Å². The summed E-state index contributed by atoms with van der Waals surface area (Å²) in [5, 5.41) is 0. The minimum absolute atomic E-state index is 0.146. The van der Waals surface area contributed by atoms with Crippen LogP contribution in [0.3, 0.4) is 0 Å². The van der Waals surface area contributed by atoms with Crippen molar-refractivity contribution in [3.05, 3.63) is 17.5 Å². The highest BCUT2D eigenvalue weighted by atomic mass is 32.2. The monoisotopic (exact) mass is 396 g/mol. The fourth-order valence-electron chi connectivity index (χ4n) is 3.43. The van der Waals surface area contributed by atoms with E-state index in [1.807, 2.05) is 14.1 Å². The van der Waals surface area contributed by atoms with Gasteiger partial charge in [-0.3, -0.25) is 4.79 Å². The minimum atomic E-state index is -3.42. The number of hydrogen-bond donors (Lipinski definition) is 0. The molecule has 9 nitrogen and oxygen atoms in total. The molecule has 0 aliphatic carbocycles. The molecule has 3 heterocycles. The number of nitrogens with zero attached hydrogens (tertiary/aromatic N) is 6. The second-order valence-electron chi connectivity index (χ2n) is 7.22. The highest BCUT2D eigenvalue weighted by molar-refractivity contribution is 7.86. The van der Waals surface area contributed by atoms with Crippen molar-refractivity contribution in [3.63, 3.8) is 0 Å². The zero-order chi connectivity index (χ0) is 19.6. The SMILES string of the molecule is Cc1nc(N(C)C)ncc1C(=O)N1CCN(S(=O)(=O)N2CCCCC2)CC1. The predicted octanol–water partition coefficient (Wildman–Crippen LogP) is 0.340. The number of amides is 1. The third kappa shape index (κ3) is 4.22. The van der Waals surface area contributed by atoms with Gasteiger partial charge in [0.2, 0.25) is 5.95 Å². The van der Waals surface area contributed by atoms with E-state index in [1.54, 1.807) is 27.2 Å². The summed E-state index contributed by atoms with van der Waals surface area (Å²) in [5.74, 6) is 0.411. The maximum Gasteiger partial charge on any atom is 0.282 e. The number of rotatable bonds is 4. The van der Waals surface area contributed by atoms with Gasteiger partial charge in [-0.15, -0.1) is 0 Å². The van der Waals surface area contributed by atoms with Crippen LogP contribution in [0, 0.1) is 6.92 Å². The molecule has 0 saturated carbocycles. The first-order chi connectivity index (χ1) is 12.8. The van der Waals surface area contributed by atoms with Gasteiger partial charge in [0.15, 0.2) is 0 Å². The number of carbonyl (C=O) groups is 1. The molecule has 27 heavy (non-hydrogen) atoms. The molecule has 1 aromatic heterocycles. The van der Waals surface area contributed by atoms with Crippen molar-refractivity contribution < 1.29 is 13.2 Å². The summed E-state index contributed by atoms with van der Waals surface area (Å²) < 4.78 is 28.6. The maximum absolute atomic E-state index is 12.8. The quantitative estimate of drug-likeness (QED) is 0.729. The smallest absolute Gasteiger partial charge is 0.282 e. The summed E-state index contributed by atoms with van der Waals surface area (Å²) in [7, 11) is 0.267. The number of anilines is 1. The fraction of sp³-hybridized carbons (Fsp3) is 0.706. The molecule has 0 bridgehead atoms. The Kier molecular flexibility index (Phi) is 5.97. The highest BCUT2D eigenvalue weighted by Gasteiger charge is 2.34. The van der Waals surface area contributed by atoms with Crippen LogP contribution in [0.4, 0.5) is 5.95 Å². The van der Waals surface area contributed by atoms with E-state index in [4.69, 9.17) is 0 Å². The molecule has 0 unspecified atom stereocenters. The van der Waals surface area contributed by atoms with Crippen LogP contribution in [0.2, 0.25) is 0 Å². The van der Waals surface area contributed by atoms with E-state index in [-0.39, 0.29) is 5.91 Å². The number of piperidine rings is 1. The Morgan fingerprint density at radius 1 is 1.00 bits per heavy atom. The first-order valence-electron chi connectivity index (χ1n) is 9.36. The Balaban J connectivity index is 1.64. The van der Waals surface area contributed by atoms with Gasteiger partial charge in [-0.1, -0.05) is 6.42 Å². The van der Waals surface area contributed by atoms with E-state index in [2.05, 4.69) is 9.97 Å². The van der Waals surface area contributed by atoms with Gasteiger partial charge in [-0.25, -0.2) is 9.97 Å². The Hall–Kier alpha value is -1.78. The lowest BCUT2D eigenvalue weighted by atomic mass is 10.2. The molecule has 1 amide bonds. The average molecular weight is 397 g/mol. The molecule has 1 aromatic rings. The van der Waals surface area contributed by atoms with Crippen LogP contribution in [-0.4, -0.2) is 91.2 Å². The van der Waals surface area contributed by atoms with Crippen molar-refractivity contribution in [3.8, 4) is 0 Å². The van der Waals surface area contributed by atoms with Crippen LogP contribution in [0.15, 0.2) is 6.20 Å². The van der Waals surface area contributed by atoms with Crippen LogP contribution in [-0.2, 0) is 10.2 Å². The number of aryl methyl sites for hydroxylation is 1. The van der Waals surface area contributed by atoms with Crippen molar-refractivity contribution in [2.24, 2.45) is 0 Å². The Morgan fingerprint density at radius 2 is 1.59 bits per heavy atom. The highest BCUT2D eigenvalue weighted by Crippen LogP contribution is 2.19. The van der Waals surface area contributed by atoms with Crippen LogP contribution in [0.25, 0.3) is 0 Å². The molecule has 0 atom stereocenters. The normalized spacial score (nSPS) is 19.9. The zero-order valence-electron chi connectivity index (χ0n) is 16.3. The van der Waals surface area contributed by atoms with Gasteiger partial charge in [0.25, 0.3) is 16.1 Å². The molecule has 0 aromatic carbocycles. The van der Waals surface area contributed by atoms with Gasteiger partial charge in [-0.05, 0) is 19.8 Å². The molecule has 150 valence electrons. The Labute approximate surface area is 161 Å². The van der Waals surface area contributed by atoms with Gasteiger partial charge in [0.1, 0.15) is 0 Å². The molecular weight excluding hydrogens is 368 g/mol. The molecule has 2 aliphatic rings. The zero-order valence-corrected chi connectivity index (χ0v) is 17.1. The molecule has 2 aliphatic heterocycles. The van der Waals surface area contributed by atoms with Gasteiger partial charge < -0.3 is 9.80 Å². The first-order valence-corrected chi connectivity index (χ1v) is 10.8. The summed E-state index contributed by atoms with van der Waals surface area (Å²) in [6.07, 6.45) is 4.47. The summed E-state index contributed by atoms with van der Waals surface area (Å²) >= 11 is 0. The summed E-state index contributed by atoms with van der Waals surface area (Å²) in [5.41, 5.74) is 1.09. The number of carbonyl (C=O) groups excluding carboxylic acids is 1. The summed E-state index contributed by atoms with van der Waals surface area (Å²) in [6.45, 7) is 4.37. The third-order valence-electron chi connectivity index (χ3n) is 5.09. The van der Waals surface area contributed by atoms with Crippen LogP contribution in [0.1, 0.15) is 35.3 Å². The molecular formula is C17H28N6O3S. The lowest BCUT2D eigenvalue weighted by Crippen LogP contribution is -2.54. The summed E-state index contributed by atoms with van der Waals surface area (Å²) in [4.78, 5) is 24.9. The van der Waals surface area contributed by atoms with E-state index >= 15 is 0 Å². The number of piperazine rings is 1. The third-order valence-corrected chi connectivity index (χ3v) is 7.13. The Bertz CT molecular complexity index is 784. The van der Waals surface area contributed by atoms with Crippen molar-refractivity contribution in [2.45, 2.75) is 26.2 Å². The van der Waals surface area contributed by atoms with Gasteiger partial charge in [0, 0.05) is 59.6 Å². The molecule has 0 N–H and O–H groups in total. The molecule has 3 rings (SSSR count). The van der Waals surface area contributed by atoms with Gasteiger partial charge in [-0.2, -0.15) is 17.0 Å². The van der Waals surface area contributed by atoms with Gasteiger partial charge in [0.05, 0.1) is 11.3 Å². The fourth-order valence-corrected chi connectivity index (χ4v) is 5.10. The molecule has 0 radical (unpaired) electrons. The van der Waals surface area contributed by atoms with E-state index < -0.39 is 10.2 Å². The predicted molar refractivity (Wildman–Crippen MR) is 103 cm³/mol. The number of aromatic nitrogens is 2. The largest absolute Gasteiger partial charge is 0.347 e. The van der Waals surface area contributed by atoms with Crippen LogP contribution in [0.5, 0.6) is 0 Å². The van der Waals surface area contributed by atoms with Crippen LogP contribution < -0.4 is 4.90 Å². The second kappa shape index (κ2) is 8.07. The van der Waals surface area contributed by atoms with E-state index in [0.717, 1.165) is 19.3 Å². The standard InChI is InChI=1S/C17H28N6O3S/c1-14-15(13-18-17(19-14)20(2)3)16(24)21-9-11-23(12-10-21)27(25,26)22-7-5-4-6-8-22/h13H,4-12H2,1-3H3. The lowest BCUT2D eigenvalue weighted by Gasteiger charge is -2.37. The molecule has 0 spiro atoms. The number of hydrogen-bond acceptors (Lipinski definition) is 6. The van der Waals surface area contributed by atoms with Crippen molar-refractivity contribution in [1.82, 2.24) is 23.5 Å².